The van der Waals surface area contributed by atoms with Crippen molar-refractivity contribution in [3.63, 3.8) is 0 Å². The van der Waals surface area contributed by atoms with E-state index in [2.05, 4.69) is 12.2 Å². The van der Waals surface area contributed by atoms with E-state index in [-0.39, 0.29) is 12.4 Å². The molecule has 1 saturated carbocycles. The van der Waals surface area contributed by atoms with Crippen LogP contribution in [0.2, 0.25) is 0 Å². The molecule has 0 aromatic rings. The van der Waals surface area contributed by atoms with Crippen LogP contribution in [0.25, 0.3) is 0 Å². The van der Waals surface area contributed by atoms with Crippen LogP contribution in [-0.4, -0.2) is 19.4 Å². The summed E-state index contributed by atoms with van der Waals surface area (Å²) < 4.78 is 5.68. The van der Waals surface area contributed by atoms with E-state index in [0.29, 0.717) is 12.1 Å². The lowest BCUT2D eigenvalue weighted by Gasteiger charge is -2.38. The maximum atomic E-state index is 5.68. The van der Waals surface area contributed by atoms with Crippen LogP contribution in [0.5, 0.6) is 0 Å². The molecule has 0 bridgehead atoms. The molecule has 2 nitrogen and oxygen atoms in total. The lowest BCUT2D eigenvalue weighted by atomic mass is 9.83. The van der Waals surface area contributed by atoms with E-state index in [9.17, 15) is 0 Å². The van der Waals surface area contributed by atoms with Crippen molar-refractivity contribution in [3.8, 4) is 0 Å². The van der Waals surface area contributed by atoms with Crippen molar-refractivity contribution in [3.05, 3.63) is 0 Å². The molecule has 2 atom stereocenters. The van der Waals surface area contributed by atoms with Gasteiger partial charge in [-0.2, -0.15) is 0 Å². The Kier molecular flexibility index (Phi) is 3.81. The van der Waals surface area contributed by atoms with E-state index in [1.807, 2.05) is 0 Å². The fourth-order valence-corrected chi connectivity index (χ4v) is 1.75. The number of halogens is 1. The first kappa shape index (κ1) is 10.3. The zero-order valence-electron chi connectivity index (χ0n) is 7.58. The Bertz CT molecular complexity index is 130. The first-order valence-electron chi connectivity index (χ1n) is 4.71. The van der Waals surface area contributed by atoms with Crippen molar-refractivity contribution in [1.29, 1.82) is 0 Å². The van der Waals surface area contributed by atoms with Gasteiger partial charge in [0.15, 0.2) is 0 Å². The highest BCUT2D eigenvalue weighted by Crippen LogP contribution is 2.31. The molecule has 2 aliphatic rings. The SMILES string of the molecule is CC1CNC(C2CCC2)OC1.Cl. The Hall–Kier alpha value is 0.210. The van der Waals surface area contributed by atoms with Gasteiger partial charge in [0, 0.05) is 6.54 Å². The first-order chi connectivity index (χ1) is 5.36. The number of ether oxygens (including phenoxy) is 1. The minimum absolute atomic E-state index is 0. The largest absolute Gasteiger partial charge is 0.363 e. The van der Waals surface area contributed by atoms with E-state index in [4.69, 9.17) is 4.74 Å². The molecule has 1 aliphatic carbocycles. The molecule has 0 aromatic carbocycles. The van der Waals surface area contributed by atoms with Crippen LogP contribution in [0, 0.1) is 11.8 Å². The predicted molar refractivity (Wildman–Crippen MR) is 51.5 cm³/mol. The maximum absolute atomic E-state index is 5.68. The Morgan fingerprint density at radius 3 is 2.50 bits per heavy atom. The highest BCUT2D eigenvalue weighted by atomic mass is 35.5. The zero-order chi connectivity index (χ0) is 7.68. The highest BCUT2D eigenvalue weighted by molar-refractivity contribution is 5.85. The second kappa shape index (κ2) is 4.45. The normalized spacial score (nSPS) is 36.8. The fourth-order valence-electron chi connectivity index (χ4n) is 1.75. The minimum Gasteiger partial charge on any atom is -0.363 e. The van der Waals surface area contributed by atoms with Crippen molar-refractivity contribution in [2.45, 2.75) is 32.4 Å². The topological polar surface area (TPSA) is 21.3 Å². The van der Waals surface area contributed by atoms with Crippen molar-refractivity contribution < 1.29 is 4.74 Å². The molecule has 2 rings (SSSR count). The fraction of sp³-hybridized carbons (Fsp3) is 1.00. The molecule has 0 radical (unpaired) electrons. The molecule has 1 saturated heterocycles. The van der Waals surface area contributed by atoms with Gasteiger partial charge in [-0.3, -0.25) is 5.32 Å². The average Bonchev–Trinajstić information content (AvgIpc) is 1.90. The summed E-state index contributed by atoms with van der Waals surface area (Å²) in [5.74, 6) is 1.52. The molecule has 0 spiro atoms. The summed E-state index contributed by atoms with van der Waals surface area (Å²) in [6.45, 7) is 4.32. The van der Waals surface area contributed by atoms with Gasteiger partial charge in [-0.1, -0.05) is 13.3 Å². The lowest BCUT2D eigenvalue weighted by molar-refractivity contribution is -0.0748. The Labute approximate surface area is 80.5 Å². The molecular weight excluding hydrogens is 174 g/mol. The first-order valence-corrected chi connectivity index (χ1v) is 4.71. The Balaban J connectivity index is 0.000000720. The second-order valence-electron chi connectivity index (χ2n) is 3.96. The molecule has 3 heteroatoms. The van der Waals surface area contributed by atoms with Crippen molar-refractivity contribution in [2.24, 2.45) is 11.8 Å². The molecule has 0 aromatic heterocycles. The van der Waals surface area contributed by atoms with Crippen LogP contribution in [0.15, 0.2) is 0 Å². The molecule has 1 N–H and O–H groups in total. The number of nitrogens with one attached hydrogen (secondary N) is 1. The summed E-state index contributed by atoms with van der Waals surface area (Å²) in [7, 11) is 0. The van der Waals surface area contributed by atoms with Gasteiger partial charge in [0.2, 0.25) is 0 Å². The maximum Gasteiger partial charge on any atom is 0.110 e. The van der Waals surface area contributed by atoms with Crippen molar-refractivity contribution in [1.82, 2.24) is 5.32 Å². The number of hydrogen-bond donors (Lipinski definition) is 1. The summed E-state index contributed by atoms with van der Waals surface area (Å²) in [5, 5.41) is 3.45. The second-order valence-corrected chi connectivity index (χ2v) is 3.96. The van der Waals surface area contributed by atoms with Gasteiger partial charge in [-0.25, -0.2) is 0 Å². The standard InChI is InChI=1S/C9H17NO.ClH/c1-7-5-10-9(11-6-7)8-3-2-4-8;/h7-10H,2-6H2,1H3;1H. The van der Waals surface area contributed by atoms with Gasteiger partial charge in [-0.05, 0) is 24.7 Å². The summed E-state index contributed by atoms with van der Waals surface area (Å²) in [4.78, 5) is 0. The van der Waals surface area contributed by atoms with Crippen LogP contribution in [0.3, 0.4) is 0 Å². The highest BCUT2D eigenvalue weighted by Gasteiger charge is 2.30. The van der Waals surface area contributed by atoms with Gasteiger partial charge in [0.25, 0.3) is 0 Å². The number of hydrogen-bond acceptors (Lipinski definition) is 2. The van der Waals surface area contributed by atoms with Crippen LogP contribution < -0.4 is 5.32 Å². The third-order valence-corrected chi connectivity index (χ3v) is 2.81. The average molecular weight is 192 g/mol. The monoisotopic (exact) mass is 191 g/mol. The number of rotatable bonds is 1. The minimum atomic E-state index is 0. The summed E-state index contributed by atoms with van der Waals surface area (Å²) in [6, 6.07) is 0. The van der Waals surface area contributed by atoms with E-state index in [1.165, 1.54) is 19.3 Å². The quantitative estimate of drug-likeness (QED) is 0.683. The van der Waals surface area contributed by atoms with Crippen LogP contribution in [0.1, 0.15) is 26.2 Å². The summed E-state index contributed by atoms with van der Waals surface area (Å²) in [5.41, 5.74) is 0. The van der Waals surface area contributed by atoms with Crippen LogP contribution in [-0.2, 0) is 4.74 Å². The van der Waals surface area contributed by atoms with Crippen LogP contribution in [0.4, 0.5) is 0 Å². The van der Waals surface area contributed by atoms with Crippen molar-refractivity contribution >= 4 is 12.4 Å². The third kappa shape index (κ3) is 2.12. The van der Waals surface area contributed by atoms with Gasteiger partial charge in [-0.15, -0.1) is 12.4 Å². The molecule has 1 heterocycles. The predicted octanol–water partition coefficient (Wildman–Crippen LogP) is 1.79. The van der Waals surface area contributed by atoms with Gasteiger partial charge in [0.1, 0.15) is 6.23 Å². The molecule has 0 amide bonds. The molecule has 2 fully saturated rings. The van der Waals surface area contributed by atoms with E-state index in [1.54, 1.807) is 0 Å². The summed E-state index contributed by atoms with van der Waals surface area (Å²) >= 11 is 0. The van der Waals surface area contributed by atoms with Crippen LogP contribution >= 0.6 is 12.4 Å². The lowest BCUT2D eigenvalue weighted by Crippen LogP contribution is -2.48. The molecule has 72 valence electrons. The van der Waals surface area contributed by atoms with E-state index in [0.717, 1.165) is 19.1 Å². The van der Waals surface area contributed by atoms with E-state index < -0.39 is 0 Å². The van der Waals surface area contributed by atoms with Crippen molar-refractivity contribution in [2.75, 3.05) is 13.2 Å². The van der Waals surface area contributed by atoms with Gasteiger partial charge >= 0.3 is 0 Å². The molecular formula is C9H18ClNO. The van der Waals surface area contributed by atoms with E-state index >= 15 is 0 Å². The Morgan fingerprint density at radius 2 is 2.08 bits per heavy atom. The molecule has 1 aliphatic heterocycles. The van der Waals surface area contributed by atoms with Gasteiger partial charge < -0.3 is 4.74 Å². The molecule has 2 unspecified atom stereocenters. The smallest absolute Gasteiger partial charge is 0.110 e. The summed E-state index contributed by atoms with van der Waals surface area (Å²) in [6.07, 6.45) is 4.53. The molecule has 12 heavy (non-hydrogen) atoms. The zero-order valence-corrected chi connectivity index (χ0v) is 8.40. The van der Waals surface area contributed by atoms with Gasteiger partial charge in [0.05, 0.1) is 6.61 Å². The third-order valence-electron chi connectivity index (χ3n) is 2.81. The Morgan fingerprint density at radius 1 is 1.33 bits per heavy atom.